The number of aromatic nitrogens is 3. The number of rotatable bonds is 4. The number of nitrogens with zero attached hydrogens (tertiary/aromatic N) is 3. The fraction of sp³-hybridized carbons (Fsp3) is 0.158. The van der Waals surface area contributed by atoms with Crippen LogP contribution in [0, 0.1) is 6.92 Å². The molecule has 0 aliphatic carbocycles. The fourth-order valence-electron chi connectivity index (χ4n) is 2.98. The first-order chi connectivity index (χ1) is 12.1. The molecule has 1 N–H and O–H groups in total. The van der Waals surface area contributed by atoms with Crippen LogP contribution in [0.4, 0.5) is 5.69 Å². The van der Waals surface area contributed by atoms with Gasteiger partial charge >= 0.3 is 0 Å². The smallest absolute Gasteiger partial charge is 0.272 e. The second-order valence-corrected chi connectivity index (χ2v) is 6.13. The Morgan fingerprint density at radius 3 is 2.96 bits per heavy atom. The summed E-state index contributed by atoms with van der Waals surface area (Å²) in [5.41, 5.74) is 5.18. The number of amides is 1. The molecule has 0 radical (unpaired) electrons. The molecule has 6 heteroatoms. The fourth-order valence-corrected chi connectivity index (χ4v) is 2.98. The van der Waals surface area contributed by atoms with Gasteiger partial charge in [0.15, 0.2) is 5.58 Å². The van der Waals surface area contributed by atoms with E-state index in [9.17, 15) is 4.79 Å². The molecule has 0 atom stereocenters. The quantitative estimate of drug-likeness (QED) is 0.620. The van der Waals surface area contributed by atoms with Gasteiger partial charge in [-0.25, -0.2) is 0 Å². The Morgan fingerprint density at radius 2 is 2.16 bits per heavy atom. The van der Waals surface area contributed by atoms with Gasteiger partial charge in [-0.2, -0.15) is 5.10 Å². The van der Waals surface area contributed by atoms with Gasteiger partial charge in [0.1, 0.15) is 5.69 Å². The molecule has 4 rings (SSSR count). The van der Waals surface area contributed by atoms with Gasteiger partial charge in [0, 0.05) is 25.4 Å². The van der Waals surface area contributed by atoms with Crippen molar-refractivity contribution in [1.29, 1.82) is 0 Å². The van der Waals surface area contributed by atoms with E-state index in [1.54, 1.807) is 23.2 Å². The highest BCUT2D eigenvalue weighted by atomic mass is 16.3. The zero-order valence-corrected chi connectivity index (χ0v) is 14.1. The number of fused-ring (bicyclic) bond motifs is 1. The zero-order chi connectivity index (χ0) is 17.4. The molecule has 4 aromatic rings. The second-order valence-electron chi connectivity index (χ2n) is 6.13. The molecule has 0 bridgehead atoms. The molecule has 126 valence electrons. The van der Waals surface area contributed by atoms with Crippen molar-refractivity contribution in [3.05, 3.63) is 71.9 Å². The molecular formula is C19H18N4O2. The summed E-state index contributed by atoms with van der Waals surface area (Å²) in [6.45, 7) is 2.73. The van der Waals surface area contributed by atoms with E-state index in [0.29, 0.717) is 23.5 Å². The van der Waals surface area contributed by atoms with Gasteiger partial charge in [0.05, 0.1) is 30.2 Å². The van der Waals surface area contributed by atoms with E-state index in [-0.39, 0.29) is 5.91 Å². The van der Waals surface area contributed by atoms with Crippen molar-refractivity contribution in [2.24, 2.45) is 7.05 Å². The summed E-state index contributed by atoms with van der Waals surface area (Å²) < 4.78 is 8.96. The molecule has 6 nitrogen and oxygen atoms in total. The maximum absolute atomic E-state index is 12.5. The summed E-state index contributed by atoms with van der Waals surface area (Å²) in [5.74, 6) is -0.191. The number of carbonyl (C=O) groups excluding carboxylic acids is 1. The van der Waals surface area contributed by atoms with Crippen LogP contribution in [-0.2, 0) is 13.6 Å². The van der Waals surface area contributed by atoms with Gasteiger partial charge in [-0.3, -0.25) is 9.48 Å². The Labute approximate surface area is 144 Å². The van der Waals surface area contributed by atoms with Crippen LogP contribution >= 0.6 is 0 Å². The number of benzene rings is 1. The van der Waals surface area contributed by atoms with Crippen molar-refractivity contribution >= 4 is 22.7 Å². The summed E-state index contributed by atoms with van der Waals surface area (Å²) in [6.07, 6.45) is 5.09. The highest BCUT2D eigenvalue weighted by molar-refractivity contribution is 6.05. The van der Waals surface area contributed by atoms with E-state index < -0.39 is 0 Å². The third-order valence-corrected chi connectivity index (χ3v) is 4.21. The minimum Gasteiger partial charge on any atom is -0.463 e. The minimum absolute atomic E-state index is 0.191. The highest BCUT2D eigenvalue weighted by Gasteiger charge is 2.15. The highest BCUT2D eigenvalue weighted by Crippen LogP contribution is 2.20. The molecule has 0 saturated carbocycles. The van der Waals surface area contributed by atoms with Gasteiger partial charge in [0.2, 0.25) is 0 Å². The van der Waals surface area contributed by atoms with Gasteiger partial charge in [-0.05, 0) is 12.5 Å². The summed E-state index contributed by atoms with van der Waals surface area (Å²) in [7, 11) is 1.84. The van der Waals surface area contributed by atoms with Crippen molar-refractivity contribution in [3.63, 3.8) is 0 Å². The largest absolute Gasteiger partial charge is 0.463 e. The monoisotopic (exact) mass is 334 g/mol. The third kappa shape index (κ3) is 2.94. The predicted octanol–water partition coefficient (Wildman–Crippen LogP) is 3.58. The molecule has 1 aromatic carbocycles. The van der Waals surface area contributed by atoms with Crippen molar-refractivity contribution in [3.8, 4) is 0 Å². The molecule has 0 saturated heterocycles. The zero-order valence-electron chi connectivity index (χ0n) is 14.1. The second kappa shape index (κ2) is 5.98. The van der Waals surface area contributed by atoms with Crippen LogP contribution in [0.1, 0.15) is 21.6 Å². The normalized spacial score (nSPS) is 11.1. The lowest BCUT2D eigenvalue weighted by Crippen LogP contribution is -2.15. The first kappa shape index (κ1) is 15.3. The number of furan rings is 1. The molecule has 0 aliphatic rings. The van der Waals surface area contributed by atoms with E-state index in [2.05, 4.69) is 35.5 Å². The number of anilines is 1. The van der Waals surface area contributed by atoms with Gasteiger partial charge in [-0.1, -0.05) is 29.8 Å². The first-order valence-electron chi connectivity index (χ1n) is 8.02. The molecule has 25 heavy (non-hydrogen) atoms. The van der Waals surface area contributed by atoms with E-state index in [1.807, 2.05) is 29.9 Å². The van der Waals surface area contributed by atoms with Crippen LogP contribution in [0.15, 0.2) is 59.5 Å². The van der Waals surface area contributed by atoms with Crippen LogP contribution in [-0.4, -0.2) is 20.3 Å². The molecular weight excluding hydrogens is 316 g/mol. The summed E-state index contributed by atoms with van der Waals surface area (Å²) in [4.78, 5) is 12.5. The van der Waals surface area contributed by atoms with Crippen LogP contribution in [0.25, 0.3) is 11.1 Å². The average molecular weight is 334 g/mol. The lowest BCUT2D eigenvalue weighted by Gasteiger charge is -2.04. The Morgan fingerprint density at radius 1 is 1.28 bits per heavy atom. The van der Waals surface area contributed by atoms with Crippen molar-refractivity contribution in [2.75, 3.05) is 5.32 Å². The molecule has 0 spiro atoms. The molecule has 0 aliphatic heterocycles. The van der Waals surface area contributed by atoms with Crippen LogP contribution in [0.3, 0.4) is 0 Å². The van der Waals surface area contributed by atoms with E-state index in [4.69, 9.17) is 4.42 Å². The molecule has 0 unspecified atom stereocenters. The minimum atomic E-state index is -0.191. The number of nitrogens with one attached hydrogen (secondary N) is 1. The van der Waals surface area contributed by atoms with Crippen LogP contribution < -0.4 is 5.32 Å². The molecule has 1 amide bonds. The topological polar surface area (TPSA) is 65.0 Å². The van der Waals surface area contributed by atoms with Gasteiger partial charge in [0.25, 0.3) is 5.91 Å². The number of aryl methyl sites for hydroxylation is 2. The van der Waals surface area contributed by atoms with Crippen molar-refractivity contribution in [2.45, 2.75) is 13.5 Å². The Hall–Kier alpha value is -3.28. The summed E-state index contributed by atoms with van der Waals surface area (Å²) in [6, 6.07) is 11.9. The number of hydrogen-bond acceptors (Lipinski definition) is 3. The van der Waals surface area contributed by atoms with Crippen LogP contribution in [0.2, 0.25) is 0 Å². The van der Waals surface area contributed by atoms with Gasteiger partial charge in [-0.15, -0.1) is 0 Å². The third-order valence-electron chi connectivity index (χ3n) is 4.21. The maximum Gasteiger partial charge on any atom is 0.272 e. The van der Waals surface area contributed by atoms with Crippen LogP contribution in [0.5, 0.6) is 0 Å². The lowest BCUT2D eigenvalue weighted by atomic mass is 10.1. The Bertz CT molecular complexity index is 1050. The number of hydrogen-bond donors (Lipinski definition) is 1. The summed E-state index contributed by atoms with van der Waals surface area (Å²) in [5, 5.41) is 7.20. The van der Waals surface area contributed by atoms with E-state index in [0.717, 1.165) is 5.52 Å². The molecule has 3 heterocycles. The Kier molecular flexibility index (Phi) is 3.65. The number of carbonyl (C=O) groups is 1. The van der Waals surface area contributed by atoms with E-state index in [1.165, 1.54) is 11.1 Å². The van der Waals surface area contributed by atoms with Gasteiger partial charge < -0.3 is 14.3 Å². The van der Waals surface area contributed by atoms with Crippen molar-refractivity contribution in [1.82, 2.24) is 14.3 Å². The lowest BCUT2D eigenvalue weighted by molar-refractivity contribution is 0.101. The summed E-state index contributed by atoms with van der Waals surface area (Å²) >= 11 is 0. The first-order valence-corrected chi connectivity index (χ1v) is 8.02. The Balaban J connectivity index is 1.49. The maximum atomic E-state index is 12.5. The molecule has 0 fully saturated rings. The predicted molar refractivity (Wildman–Crippen MR) is 95.6 cm³/mol. The average Bonchev–Trinajstić information content (AvgIpc) is 3.26. The van der Waals surface area contributed by atoms with Crippen molar-refractivity contribution < 1.29 is 9.21 Å². The van der Waals surface area contributed by atoms with E-state index >= 15 is 0 Å². The molecule has 3 aromatic heterocycles. The standard InChI is InChI=1S/C19H18N4O2/c1-13-4-3-5-14(8-13)11-23-12-15(10-20-23)21-19(24)17-9-18-16(22(17)2)6-7-25-18/h3-10,12H,11H2,1-2H3,(H,21,24). The SMILES string of the molecule is Cc1cccc(Cn2cc(NC(=O)c3cc4occc4n3C)cn2)c1.